The van der Waals surface area contributed by atoms with Gasteiger partial charge in [-0.05, 0) is 31.4 Å². The normalized spacial score (nSPS) is 25.1. The lowest BCUT2D eigenvalue weighted by molar-refractivity contribution is -0.140. The third kappa shape index (κ3) is 3.24. The topological polar surface area (TPSA) is 64.8 Å². The van der Waals surface area contributed by atoms with Crippen LogP contribution in [0.4, 0.5) is 0 Å². The number of amides is 1. The number of nitrogens with two attached hydrogens (primary N) is 1. The van der Waals surface area contributed by atoms with Gasteiger partial charge in [0.2, 0.25) is 6.10 Å². The third-order valence-corrected chi connectivity index (χ3v) is 4.06. The van der Waals surface area contributed by atoms with Crippen molar-refractivity contribution in [2.75, 3.05) is 19.7 Å². The van der Waals surface area contributed by atoms with Gasteiger partial charge in [-0.15, -0.1) is 12.4 Å². The fourth-order valence-electron chi connectivity index (χ4n) is 2.76. The quantitative estimate of drug-likeness (QED) is 0.897. The summed E-state index contributed by atoms with van der Waals surface area (Å²) in [5.74, 6) is 1.73. The number of hydrogen-bond acceptors (Lipinski definition) is 4. The summed E-state index contributed by atoms with van der Waals surface area (Å²) < 4.78 is 11.3. The molecule has 0 radical (unpaired) electrons. The first kappa shape index (κ1) is 15.9. The SMILES string of the molecule is CC(N)C1CCN(C(=O)C2COc3ccccc3O2)C1.Cl. The summed E-state index contributed by atoms with van der Waals surface area (Å²) in [5.41, 5.74) is 5.91. The average molecular weight is 313 g/mol. The standard InChI is InChI=1S/C15H20N2O3.ClH/c1-10(16)11-6-7-17(8-11)15(18)14-9-19-12-4-2-3-5-13(12)20-14;/h2-5,10-11,14H,6-9,16H2,1H3;1H. The van der Waals surface area contributed by atoms with Crippen LogP contribution in [-0.2, 0) is 4.79 Å². The smallest absolute Gasteiger partial charge is 0.267 e. The molecule has 0 aliphatic carbocycles. The van der Waals surface area contributed by atoms with Crippen LogP contribution in [0.2, 0.25) is 0 Å². The minimum absolute atomic E-state index is 0. The number of likely N-dealkylation sites (tertiary alicyclic amines) is 1. The van der Waals surface area contributed by atoms with E-state index < -0.39 is 6.10 Å². The fourth-order valence-corrected chi connectivity index (χ4v) is 2.76. The maximum atomic E-state index is 12.5. The third-order valence-electron chi connectivity index (χ3n) is 4.06. The second-order valence-electron chi connectivity index (χ2n) is 5.56. The minimum Gasteiger partial charge on any atom is -0.485 e. The van der Waals surface area contributed by atoms with Crippen molar-refractivity contribution in [1.29, 1.82) is 0 Å². The predicted octanol–water partition coefficient (Wildman–Crippen LogP) is 1.44. The Kier molecular flexibility index (Phi) is 4.96. The van der Waals surface area contributed by atoms with Crippen molar-refractivity contribution in [2.45, 2.75) is 25.5 Å². The molecule has 1 amide bonds. The average Bonchev–Trinajstić information content (AvgIpc) is 2.96. The van der Waals surface area contributed by atoms with Gasteiger partial charge < -0.3 is 20.1 Å². The lowest BCUT2D eigenvalue weighted by atomic mass is 10.0. The molecule has 116 valence electrons. The molecule has 2 aliphatic heterocycles. The van der Waals surface area contributed by atoms with Gasteiger partial charge in [0, 0.05) is 19.1 Å². The van der Waals surface area contributed by atoms with Gasteiger partial charge in [0.05, 0.1) is 0 Å². The minimum atomic E-state index is -0.545. The molecule has 1 aromatic carbocycles. The molecule has 0 saturated carbocycles. The van der Waals surface area contributed by atoms with Crippen LogP contribution in [0.5, 0.6) is 11.5 Å². The van der Waals surface area contributed by atoms with E-state index in [4.69, 9.17) is 15.2 Å². The first-order valence-corrected chi connectivity index (χ1v) is 7.08. The number of rotatable bonds is 2. The summed E-state index contributed by atoms with van der Waals surface area (Å²) in [5, 5.41) is 0. The molecule has 1 fully saturated rings. The van der Waals surface area contributed by atoms with E-state index >= 15 is 0 Å². The van der Waals surface area contributed by atoms with Crippen molar-refractivity contribution in [3.8, 4) is 11.5 Å². The van der Waals surface area contributed by atoms with E-state index in [2.05, 4.69) is 0 Å². The molecular weight excluding hydrogens is 292 g/mol. The number of carbonyl (C=O) groups excluding carboxylic acids is 1. The monoisotopic (exact) mass is 312 g/mol. The van der Waals surface area contributed by atoms with Gasteiger partial charge in [-0.1, -0.05) is 12.1 Å². The summed E-state index contributed by atoms with van der Waals surface area (Å²) in [6.07, 6.45) is 0.421. The van der Waals surface area contributed by atoms with Gasteiger partial charge >= 0.3 is 0 Å². The number of halogens is 1. The molecule has 2 aliphatic rings. The molecule has 0 bridgehead atoms. The van der Waals surface area contributed by atoms with E-state index in [1.165, 1.54) is 0 Å². The van der Waals surface area contributed by atoms with Crippen LogP contribution < -0.4 is 15.2 Å². The van der Waals surface area contributed by atoms with Crippen LogP contribution in [0.15, 0.2) is 24.3 Å². The summed E-state index contributed by atoms with van der Waals surface area (Å²) in [6, 6.07) is 7.55. The Morgan fingerprint density at radius 3 is 2.76 bits per heavy atom. The molecule has 0 aromatic heterocycles. The summed E-state index contributed by atoms with van der Waals surface area (Å²) >= 11 is 0. The molecule has 1 aromatic rings. The van der Waals surface area contributed by atoms with E-state index in [0.717, 1.165) is 19.5 Å². The molecule has 3 unspecified atom stereocenters. The molecule has 3 atom stereocenters. The summed E-state index contributed by atoms with van der Waals surface area (Å²) in [6.45, 7) is 3.74. The van der Waals surface area contributed by atoms with E-state index in [-0.39, 0.29) is 31.0 Å². The Hall–Kier alpha value is -1.46. The highest BCUT2D eigenvalue weighted by atomic mass is 35.5. The van der Waals surface area contributed by atoms with E-state index in [1.807, 2.05) is 36.1 Å². The van der Waals surface area contributed by atoms with Gasteiger partial charge in [-0.3, -0.25) is 4.79 Å². The summed E-state index contributed by atoms with van der Waals surface area (Å²) in [4.78, 5) is 14.3. The molecule has 2 heterocycles. The van der Waals surface area contributed by atoms with Crippen LogP contribution in [0.1, 0.15) is 13.3 Å². The lowest BCUT2D eigenvalue weighted by Gasteiger charge is -2.29. The van der Waals surface area contributed by atoms with Crippen molar-refractivity contribution in [3.05, 3.63) is 24.3 Å². The van der Waals surface area contributed by atoms with Gasteiger partial charge in [0.15, 0.2) is 11.5 Å². The molecule has 0 spiro atoms. The van der Waals surface area contributed by atoms with Crippen LogP contribution in [0, 0.1) is 5.92 Å². The lowest BCUT2D eigenvalue weighted by Crippen LogP contribution is -2.46. The van der Waals surface area contributed by atoms with Gasteiger partial charge in [0.1, 0.15) is 6.61 Å². The highest BCUT2D eigenvalue weighted by molar-refractivity contribution is 5.85. The first-order chi connectivity index (χ1) is 9.65. The number of nitrogens with zero attached hydrogens (tertiary/aromatic N) is 1. The highest BCUT2D eigenvalue weighted by Crippen LogP contribution is 2.31. The molecule has 5 nitrogen and oxygen atoms in total. The zero-order chi connectivity index (χ0) is 14.1. The van der Waals surface area contributed by atoms with Crippen LogP contribution in [0.25, 0.3) is 0 Å². The second kappa shape index (κ2) is 6.54. The molecule has 2 N–H and O–H groups in total. The largest absolute Gasteiger partial charge is 0.485 e. The Morgan fingerprint density at radius 2 is 2.10 bits per heavy atom. The molecular formula is C15H21ClN2O3. The van der Waals surface area contributed by atoms with E-state index in [1.54, 1.807) is 0 Å². The number of para-hydroxylation sites is 2. The Balaban J connectivity index is 0.00000161. The van der Waals surface area contributed by atoms with Crippen molar-refractivity contribution < 1.29 is 14.3 Å². The van der Waals surface area contributed by atoms with Crippen molar-refractivity contribution in [1.82, 2.24) is 4.90 Å². The zero-order valence-corrected chi connectivity index (χ0v) is 12.8. The molecule has 1 saturated heterocycles. The predicted molar refractivity (Wildman–Crippen MR) is 81.9 cm³/mol. The molecule has 3 rings (SSSR count). The first-order valence-electron chi connectivity index (χ1n) is 7.08. The Bertz CT molecular complexity index is 509. The van der Waals surface area contributed by atoms with E-state index in [9.17, 15) is 4.79 Å². The highest BCUT2D eigenvalue weighted by Gasteiger charge is 2.35. The van der Waals surface area contributed by atoms with Crippen molar-refractivity contribution in [3.63, 3.8) is 0 Å². The Morgan fingerprint density at radius 1 is 1.38 bits per heavy atom. The van der Waals surface area contributed by atoms with Gasteiger partial charge in [-0.25, -0.2) is 0 Å². The maximum Gasteiger partial charge on any atom is 0.267 e. The number of ether oxygens (including phenoxy) is 2. The fraction of sp³-hybridized carbons (Fsp3) is 0.533. The van der Waals surface area contributed by atoms with Gasteiger partial charge in [-0.2, -0.15) is 0 Å². The molecule has 21 heavy (non-hydrogen) atoms. The van der Waals surface area contributed by atoms with Crippen LogP contribution >= 0.6 is 12.4 Å². The van der Waals surface area contributed by atoms with Crippen LogP contribution in [-0.4, -0.2) is 42.6 Å². The van der Waals surface area contributed by atoms with Gasteiger partial charge in [0.25, 0.3) is 5.91 Å². The summed E-state index contributed by atoms with van der Waals surface area (Å²) in [7, 11) is 0. The van der Waals surface area contributed by atoms with E-state index in [0.29, 0.717) is 17.4 Å². The number of fused-ring (bicyclic) bond motifs is 1. The second-order valence-corrected chi connectivity index (χ2v) is 5.56. The van der Waals surface area contributed by atoms with Crippen LogP contribution in [0.3, 0.4) is 0 Å². The molecule has 6 heteroatoms. The van der Waals surface area contributed by atoms with Crippen molar-refractivity contribution >= 4 is 18.3 Å². The number of benzene rings is 1. The number of carbonyl (C=O) groups is 1. The van der Waals surface area contributed by atoms with Crippen molar-refractivity contribution in [2.24, 2.45) is 11.7 Å². The Labute approximate surface area is 130 Å². The maximum absolute atomic E-state index is 12.5. The number of hydrogen-bond donors (Lipinski definition) is 1. The zero-order valence-electron chi connectivity index (χ0n) is 12.0.